The molecule has 1 aliphatic rings. The van der Waals surface area contributed by atoms with Crippen molar-refractivity contribution in [3.63, 3.8) is 0 Å². The zero-order valence-corrected chi connectivity index (χ0v) is 21.3. The van der Waals surface area contributed by atoms with Crippen LogP contribution in [0.4, 0.5) is 0 Å². The van der Waals surface area contributed by atoms with Gasteiger partial charge in [-0.25, -0.2) is 0 Å². The lowest BCUT2D eigenvalue weighted by Gasteiger charge is -2.33. The van der Waals surface area contributed by atoms with Crippen LogP contribution in [0.2, 0.25) is 0 Å². The molecule has 1 aliphatic heterocycles. The van der Waals surface area contributed by atoms with Crippen molar-refractivity contribution in [3.8, 4) is 0 Å². The van der Waals surface area contributed by atoms with Gasteiger partial charge in [0.25, 0.3) is 0 Å². The second-order valence-electron chi connectivity index (χ2n) is 9.96. The molecule has 0 radical (unpaired) electrons. The summed E-state index contributed by atoms with van der Waals surface area (Å²) in [6.07, 6.45) is 5.76. The van der Waals surface area contributed by atoms with Crippen molar-refractivity contribution in [1.82, 2.24) is 14.9 Å². The third-order valence-electron chi connectivity index (χ3n) is 7.53. The summed E-state index contributed by atoms with van der Waals surface area (Å²) in [5, 5.41) is 5.26. The number of para-hydroxylation sites is 1. The van der Waals surface area contributed by atoms with Crippen molar-refractivity contribution in [2.75, 3.05) is 6.61 Å². The first-order chi connectivity index (χ1) is 18.3. The molecular weight excluding hydrogens is 454 g/mol. The highest BCUT2D eigenvalue weighted by molar-refractivity contribution is 5.86. The van der Waals surface area contributed by atoms with Crippen LogP contribution in [0, 0.1) is 0 Å². The minimum absolute atomic E-state index is 0.213. The van der Waals surface area contributed by atoms with Crippen molar-refractivity contribution in [3.05, 3.63) is 137 Å². The minimum Gasteiger partial charge on any atom is -0.376 e. The Balaban J connectivity index is 1.39. The summed E-state index contributed by atoms with van der Waals surface area (Å²) >= 11 is 0. The van der Waals surface area contributed by atoms with Gasteiger partial charge in [0.05, 0.1) is 19.3 Å². The van der Waals surface area contributed by atoms with E-state index in [1.54, 1.807) is 0 Å². The summed E-state index contributed by atoms with van der Waals surface area (Å²) in [6.45, 7) is 4.42. The maximum Gasteiger partial charge on any atom is 0.0717 e. The Labute approximate surface area is 219 Å². The average molecular weight is 488 g/mol. The third-order valence-corrected chi connectivity index (χ3v) is 7.53. The Hall–Kier alpha value is -3.73. The predicted molar refractivity (Wildman–Crippen MR) is 150 cm³/mol. The van der Waals surface area contributed by atoms with Crippen LogP contribution in [0.5, 0.6) is 0 Å². The van der Waals surface area contributed by atoms with E-state index in [4.69, 9.17) is 4.74 Å². The van der Waals surface area contributed by atoms with E-state index < -0.39 is 0 Å². The van der Waals surface area contributed by atoms with Gasteiger partial charge in [0.1, 0.15) is 0 Å². The Morgan fingerprint density at radius 1 is 0.892 bits per heavy atom. The van der Waals surface area contributed by atoms with Gasteiger partial charge in [-0.1, -0.05) is 78.9 Å². The van der Waals surface area contributed by atoms with Crippen LogP contribution in [-0.2, 0) is 30.7 Å². The Morgan fingerprint density at radius 2 is 1.62 bits per heavy atom. The van der Waals surface area contributed by atoms with Gasteiger partial charge < -0.3 is 14.6 Å². The molecule has 6 rings (SSSR count). The first-order valence-electron chi connectivity index (χ1n) is 13.2. The number of fused-ring (bicyclic) bond motifs is 2. The van der Waals surface area contributed by atoms with E-state index >= 15 is 0 Å². The van der Waals surface area contributed by atoms with Crippen molar-refractivity contribution >= 4 is 10.9 Å². The standard InChI is InChI=1S/C33H33N3O/c1-24-30-21-34-18-16-27(30)20-31(35-24)33-29(17-19-37-23-26-12-6-3-7-13-26)28-14-8-9-15-32(28)36(33)22-25-10-4-2-5-11-25/h2-16,18,21,24,31,35H,17,19-20,22-23H2,1H3/t24-,31-/m0/s1. The SMILES string of the molecule is C[C@@H]1N[C@H](c2c(CCOCc3ccccc3)c3ccccc3n2Cc2ccccc2)Cc2ccncc21. The quantitative estimate of drug-likeness (QED) is 0.245. The first-order valence-corrected chi connectivity index (χ1v) is 13.2. The molecule has 0 unspecified atom stereocenters. The van der Waals surface area contributed by atoms with Crippen LogP contribution in [0.15, 0.2) is 103 Å². The molecule has 5 aromatic rings. The molecule has 3 heterocycles. The van der Waals surface area contributed by atoms with Crippen LogP contribution in [-0.4, -0.2) is 16.2 Å². The Kier molecular flexibility index (Phi) is 6.85. The highest BCUT2D eigenvalue weighted by atomic mass is 16.5. The van der Waals surface area contributed by atoms with E-state index in [0.717, 1.165) is 19.4 Å². The largest absolute Gasteiger partial charge is 0.376 e. The fourth-order valence-electron chi connectivity index (χ4n) is 5.79. The number of benzene rings is 3. The Bertz CT molecular complexity index is 1480. The molecule has 0 spiro atoms. The van der Waals surface area contributed by atoms with E-state index in [0.29, 0.717) is 13.2 Å². The topological polar surface area (TPSA) is 39.1 Å². The third kappa shape index (κ3) is 4.95. The molecule has 186 valence electrons. The lowest BCUT2D eigenvalue weighted by Crippen LogP contribution is -2.34. The van der Waals surface area contributed by atoms with E-state index in [1.165, 1.54) is 44.4 Å². The highest BCUT2D eigenvalue weighted by Gasteiger charge is 2.30. The van der Waals surface area contributed by atoms with E-state index in [-0.39, 0.29) is 12.1 Å². The van der Waals surface area contributed by atoms with Crippen LogP contribution >= 0.6 is 0 Å². The normalized spacial score (nSPS) is 17.1. The molecule has 2 atom stereocenters. The van der Waals surface area contributed by atoms with E-state index in [2.05, 4.69) is 107 Å². The molecular formula is C33H33N3O. The summed E-state index contributed by atoms with van der Waals surface area (Å²) in [5.41, 5.74) is 9.26. The van der Waals surface area contributed by atoms with Gasteiger partial charge in [0, 0.05) is 41.6 Å². The van der Waals surface area contributed by atoms with Gasteiger partial charge in [0.2, 0.25) is 0 Å². The molecule has 2 aromatic heterocycles. The fraction of sp³-hybridized carbons (Fsp3) is 0.242. The molecule has 1 N–H and O–H groups in total. The number of aromatic nitrogens is 2. The number of nitrogens with one attached hydrogen (secondary N) is 1. The summed E-state index contributed by atoms with van der Waals surface area (Å²) in [4.78, 5) is 4.39. The molecule has 3 aromatic carbocycles. The zero-order chi connectivity index (χ0) is 25.0. The van der Waals surface area contributed by atoms with Crippen molar-refractivity contribution in [2.24, 2.45) is 0 Å². The van der Waals surface area contributed by atoms with Gasteiger partial charge in [-0.2, -0.15) is 0 Å². The smallest absolute Gasteiger partial charge is 0.0717 e. The first kappa shape index (κ1) is 23.7. The predicted octanol–water partition coefficient (Wildman–Crippen LogP) is 6.79. The van der Waals surface area contributed by atoms with Crippen molar-refractivity contribution in [2.45, 2.75) is 45.0 Å². The number of pyridine rings is 1. The van der Waals surface area contributed by atoms with Crippen LogP contribution < -0.4 is 5.32 Å². The summed E-state index contributed by atoms with van der Waals surface area (Å²) in [6, 6.07) is 32.7. The molecule has 0 fully saturated rings. The molecule has 0 aliphatic carbocycles. The average Bonchev–Trinajstić information content (AvgIpc) is 3.25. The molecule has 0 amide bonds. The molecule has 0 saturated heterocycles. The summed E-state index contributed by atoms with van der Waals surface area (Å²) in [5.74, 6) is 0. The number of hydrogen-bond acceptors (Lipinski definition) is 3. The van der Waals surface area contributed by atoms with Crippen LogP contribution in [0.3, 0.4) is 0 Å². The molecule has 0 saturated carbocycles. The van der Waals surface area contributed by atoms with E-state index in [9.17, 15) is 0 Å². The second kappa shape index (κ2) is 10.7. The maximum absolute atomic E-state index is 6.18. The molecule has 4 heteroatoms. The molecule has 0 bridgehead atoms. The second-order valence-corrected chi connectivity index (χ2v) is 9.96. The van der Waals surface area contributed by atoms with Crippen LogP contribution in [0.25, 0.3) is 10.9 Å². The highest BCUT2D eigenvalue weighted by Crippen LogP contribution is 2.37. The van der Waals surface area contributed by atoms with Gasteiger partial charge in [-0.15, -0.1) is 0 Å². The molecule has 4 nitrogen and oxygen atoms in total. The lowest BCUT2D eigenvalue weighted by atomic mass is 9.89. The number of nitrogens with zero attached hydrogens (tertiary/aromatic N) is 2. The van der Waals surface area contributed by atoms with Gasteiger partial charge in [-0.3, -0.25) is 4.98 Å². The summed E-state index contributed by atoms with van der Waals surface area (Å²) in [7, 11) is 0. The van der Waals surface area contributed by atoms with Crippen molar-refractivity contribution in [1.29, 1.82) is 0 Å². The maximum atomic E-state index is 6.18. The number of ether oxygens (including phenoxy) is 1. The van der Waals surface area contributed by atoms with Crippen LogP contribution in [0.1, 0.15) is 52.5 Å². The van der Waals surface area contributed by atoms with E-state index in [1.807, 2.05) is 18.5 Å². The van der Waals surface area contributed by atoms with Gasteiger partial charge in [-0.05, 0) is 59.7 Å². The molecule has 37 heavy (non-hydrogen) atoms. The lowest BCUT2D eigenvalue weighted by molar-refractivity contribution is 0.123. The zero-order valence-electron chi connectivity index (χ0n) is 21.3. The number of rotatable bonds is 8. The monoisotopic (exact) mass is 487 g/mol. The fourth-order valence-corrected chi connectivity index (χ4v) is 5.79. The van der Waals surface area contributed by atoms with Crippen molar-refractivity contribution < 1.29 is 4.74 Å². The summed E-state index contributed by atoms with van der Waals surface area (Å²) < 4.78 is 8.72. The Morgan fingerprint density at radius 3 is 2.43 bits per heavy atom. The van der Waals surface area contributed by atoms with Gasteiger partial charge >= 0.3 is 0 Å². The number of hydrogen-bond donors (Lipinski definition) is 1. The van der Waals surface area contributed by atoms with Gasteiger partial charge in [0.15, 0.2) is 0 Å². The minimum atomic E-state index is 0.213.